The van der Waals surface area contributed by atoms with E-state index in [-0.39, 0.29) is 5.54 Å². The van der Waals surface area contributed by atoms with E-state index >= 15 is 0 Å². The molecule has 0 saturated heterocycles. The summed E-state index contributed by atoms with van der Waals surface area (Å²) in [5.74, 6) is 0.809. The summed E-state index contributed by atoms with van der Waals surface area (Å²) in [6, 6.07) is 7.65. The summed E-state index contributed by atoms with van der Waals surface area (Å²) < 4.78 is 5.13. The van der Waals surface area contributed by atoms with Gasteiger partial charge >= 0.3 is 0 Å². The van der Waals surface area contributed by atoms with Crippen LogP contribution < -0.4 is 15.4 Å². The summed E-state index contributed by atoms with van der Waals surface area (Å²) in [5.41, 5.74) is 0.879. The number of ether oxygens (including phenoxy) is 1. The van der Waals surface area contributed by atoms with Gasteiger partial charge < -0.3 is 15.4 Å². The SMILES string of the molecule is COc1cccc(NC(=S)NC(C)(C)C)c1. The number of methoxy groups -OCH3 is 1. The van der Waals surface area contributed by atoms with E-state index in [1.807, 2.05) is 24.3 Å². The van der Waals surface area contributed by atoms with E-state index in [1.54, 1.807) is 7.11 Å². The summed E-state index contributed by atoms with van der Waals surface area (Å²) in [6.45, 7) is 6.19. The van der Waals surface area contributed by atoms with Crippen LogP contribution >= 0.6 is 12.2 Å². The lowest BCUT2D eigenvalue weighted by Gasteiger charge is -2.23. The number of hydrogen-bond acceptors (Lipinski definition) is 2. The molecule has 0 atom stereocenters. The fourth-order valence-corrected chi connectivity index (χ4v) is 1.63. The van der Waals surface area contributed by atoms with Gasteiger partial charge in [0.25, 0.3) is 0 Å². The molecule has 0 aromatic heterocycles. The maximum absolute atomic E-state index is 5.20. The quantitative estimate of drug-likeness (QED) is 0.776. The van der Waals surface area contributed by atoms with Gasteiger partial charge in [-0.15, -0.1) is 0 Å². The van der Waals surface area contributed by atoms with Gasteiger partial charge in [-0.1, -0.05) is 6.07 Å². The molecule has 0 amide bonds. The van der Waals surface area contributed by atoms with Gasteiger partial charge in [0.05, 0.1) is 7.11 Å². The summed E-state index contributed by atoms with van der Waals surface area (Å²) in [7, 11) is 1.64. The van der Waals surface area contributed by atoms with Gasteiger partial charge in [0.2, 0.25) is 0 Å². The third-order valence-corrected chi connectivity index (χ3v) is 2.02. The largest absolute Gasteiger partial charge is 0.497 e. The van der Waals surface area contributed by atoms with Crippen LogP contribution in [-0.4, -0.2) is 17.8 Å². The van der Waals surface area contributed by atoms with Crippen molar-refractivity contribution in [3.63, 3.8) is 0 Å². The van der Waals surface area contributed by atoms with Crippen molar-refractivity contribution in [2.75, 3.05) is 12.4 Å². The lowest BCUT2D eigenvalue weighted by Crippen LogP contribution is -2.42. The van der Waals surface area contributed by atoms with E-state index in [0.29, 0.717) is 5.11 Å². The molecule has 1 aromatic rings. The Morgan fingerprint density at radius 1 is 1.31 bits per heavy atom. The molecule has 0 saturated carbocycles. The fraction of sp³-hybridized carbons (Fsp3) is 0.417. The molecule has 3 nitrogen and oxygen atoms in total. The summed E-state index contributed by atoms with van der Waals surface area (Å²) in [5, 5.41) is 6.91. The molecule has 0 unspecified atom stereocenters. The topological polar surface area (TPSA) is 33.3 Å². The number of hydrogen-bond donors (Lipinski definition) is 2. The van der Waals surface area contributed by atoms with Crippen molar-refractivity contribution in [3.05, 3.63) is 24.3 Å². The Balaban J connectivity index is 2.62. The zero-order chi connectivity index (χ0) is 12.2. The van der Waals surface area contributed by atoms with E-state index in [1.165, 1.54) is 0 Å². The predicted molar refractivity (Wildman–Crippen MR) is 72.1 cm³/mol. The molecule has 1 aromatic carbocycles. The van der Waals surface area contributed by atoms with Crippen LogP contribution in [0.15, 0.2) is 24.3 Å². The summed E-state index contributed by atoms with van der Waals surface area (Å²) >= 11 is 5.20. The minimum Gasteiger partial charge on any atom is -0.497 e. The van der Waals surface area contributed by atoms with Gasteiger partial charge in [-0.2, -0.15) is 0 Å². The normalized spacial score (nSPS) is 10.8. The van der Waals surface area contributed by atoms with Crippen molar-refractivity contribution >= 4 is 23.0 Å². The Labute approximate surface area is 102 Å². The van der Waals surface area contributed by atoms with Gasteiger partial charge in [0, 0.05) is 17.3 Å². The molecular weight excluding hydrogens is 220 g/mol. The molecule has 0 radical (unpaired) electrons. The average Bonchev–Trinajstić information content (AvgIpc) is 2.15. The average molecular weight is 238 g/mol. The van der Waals surface area contributed by atoms with Crippen molar-refractivity contribution in [1.82, 2.24) is 5.32 Å². The molecule has 88 valence electrons. The molecule has 16 heavy (non-hydrogen) atoms. The molecule has 0 fully saturated rings. The molecule has 1 rings (SSSR count). The van der Waals surface area contributed by atoms with Crippen molar-refractivity contribution in [2.24, 2.45) is 0 Å². The van der Waals surface area contributed by atoms with Gasteiger partial charge in [-0.25, -0.2) is 0 Å². The van der Waals surface area contributed by atoms with Crippen LogP contribution in [0.3, 0.4) is 0 Å². The third kappa shape index (κ3) is 4.49. The second kappa shape index (κ2) is 5.16. The van der Waals surface area contributed by atoms with Gasteiger partial charge in [0.15, 0.2) is 5.11 Å². The standard InChI is InChI=1S/C12H18N2OS/c1-12(2,3)14-11(16)13-9-6-5-7-10(8-9)15-4/h5-8H,1-4H3,(H2,13,14,16). The van der Waals surface area contributed by atoms with Crippen molar-refractivity contribution in [2.45, 2.75) is 26.3 Å². The highest BCUT2D eigenvalue weighted by atomic mass is 32.1. The number of rotatable bonds is 2. The molecule has 0 aliphatic rings. The first-order chi connectivity index (χ1) is 7.40. The highest BCUT2D eigenvalue weighted by molar-refractivity contribution is 7.80. The predicted octanol–water partition coefficient (Wildman–Crippen LogP) is 2.78. The Kier molecular flexibility index (Phi) is 4.12. The van der Waals surface area contributed by atoms with Crippen molar-refractivity contribution in [1.29, 1.82) is 0 Å². The highest BCUT2D eigenvalue weighted by Gasteiger charge is 2.10. The van der Waals surface area contributed by atoms with Crippen LogP contribution in [0.2, 0.25) is 0 Å². The van der Waals surface area contributed by atoms with E-state index in [9.17, 15) is 0 Å². The molecule has 4 heteroatoms. The minimum atomic E-state index is -0.0387. The fourth-order valence-electron chi connectivity index (χ4n) is 1.20. The molecule has 2 N–H and O–H groups in total. The number of benzene rings is 1. The summed E-state index contributed by atoms with van der Waals surface area (Å²) in [6.07, 6.45) is 0. The van der Waals surface area contributed by atoms with Crippen LogP contribution in [0, 0.1) is 0 Å². The zero-order valence-electron chi connectivity index (χ0n) is 10.1. The van der Waals surface area contributed by atoms with Crippen LogP contribution in [0.25, 0.3) is 0 Å². The van der Waals surface area contributed by atoms with Crippen LogP contribution in [0.1, 0.15) is 20.8 Å². The van der Waals surface area contributed by atoms with Crippen LogP contribution in [0.4, 0.5) is 5.69 Å². The third-order valence-electron chi connectivity index (χ3n) is 1.82. The van der Waals surface area contributed by atoms with Gasteiger partial charge in [-0.3, -0.25) is 0 Å². The smallest absolute Gasteiger partial charge is 0.171 e. The van der Waals surface area contributed by atoms with Crippen molar-refractivity contribution in [3.8, 4) is 5.75 Å². The first-order valence-corrected chi connectivity index (χ1v) is 5.55. The van der Waals surface area contributed by atoms with E-state index in [2.05, 4.69) is 31.4 Å². The maximum atomic E-state index is 5.20. The maximum Gasteiger partial charge on any atom is 0.171 e. The number of anilines is 1. The van der Waals surface area contributed by atoms with Crippen LogP contribution in [0.5, 0.6) is 5.75 Å². The highest BCUT2D eigenvalue weighted by Crippen LogP contribution is 2.16. The minimum absolute atomic E-state index is 0.0387. The molecule has 0 heterocycles. The molecule has 0 bridgehead atoms. The lowest BCUT2D eigenvalue weighted by molar-refractivity contribution is 0.415. The Morgan fingerprint density at radius 3 is 2.56 bits per heavy atom. The zero-order valence-corrected chi connectivity index (χ0v) is 10.9. The van der Waals surface area contributed by atoms with Gasteiger partial charge in [0.1, 0.15) is 5.75 Å². The van der Waals surface area contributed by atoms with E-state index in [4.69, 9.17) is 17.0 Å². The summed E-state index contributed by atoms with van der Waals surface area (Å²) in [4.78, 5) is 0. The van der Waals surface area contributed by atoms with Gasteiger partial charge in [-0.05, 0) is 45.1 Å². The monoisotopic (exact) mass is 238 g/mol. The Morgan fingerprint density at radius 2 is 2.00 bits per heavy atom. The second-order valence-corrected chi connectivity index (χ2v) is 4.97. The Hall–Kier alpha value is -1.29. The first kappa shape index (κ1) is 12.8. The molecular formula is C12H18N2OS. The van der Waals surface area contributed by atoms with Crippen molar-refractivity contribution < 1.29 is 4.74 Å². The lowest BCUT2D eigenvalue weighted by atomic mass is 10.1. The van der Waals surface area contributed by atoms with Crippen LogP contribution in [-0.2, 0) is 0 Å². The molecule has 0 aliphatic heterocycles. The van der Waals surface area contributed by atoms with E-state index < -0.39 is 0 Å². The number of thiocarbonyl (C=S) groups is 1. The van der Waals surface area contributed by atoms with E-state index in [0.717, 1.165) is 11.4 Å². The Bertz CT molecular complexity index is 372. The molecule has 0 aliphatic carbocycles. The molecule has 0 spiro atoms. The second-order valence-electron chi connectivity index (χ2n) is 4.56. The number of nitrogens with one attached hydrogen (secondary N) is 2. The first-order valence-electron chi connectivity index (χ1n) is 5.14.